The van der Waals surface area contributed by atoms with E-state index in [9.17, 15) is 0 Å². The molecule has 1 aromatic rings. The molecule has 0 amide bonds. The first-order chi connectivity index (χ1) is 7.22. The van der Waals surface area contributed by atoms with Crippen molar-refractivity contribution in [1.29, 1.82) is 0 Å². The zero-order chi connectivity index (χ0) is 11.1. The Kier molecular flexibility index (Phi) is 5.69. The van der Waals surface area contributed by atoms with Crippen LogP contribution in [0.2, 0.25) is 5.02 Å². The first-order valence-electron chi connectivity index (χ1n) is 5.36. The maximum Gasteiger partial charge on any atom is 0.0406 e. The van der Waals surface area contributed by atoms with Gasteiger partial charge in [0.2, 0.25) is 0 Å². The maximum atomic E-state index is 5.81. The molecule has 3 heteroatoms. The van der Waals surface area contributed by atoms with E-state index in [0.717, 1.165) is 31.2 Å². The predicted molar refractivity (Wildman–Crippen MR) is 66.3 cm³/mol. The number of hydrogen-bond donors (Lipinski definition) is 1. The third-order valence-electron chi connectivity index (χ3n) is 2.45. The summed E-state index contributed by atoms with van der Waals surface area (Å²) in [4.78, 5) is 2.29. The van der Waals surface area contributed by atoms with Gasteiger partial charge in [0.05, 0.1) is 0 Å². The highest BCUT2D eigenvalue weighted by Crippen LogP contribution is 2.08. The second kappa shape index (κ2) is 6.83. The monoisotopic (exact) mass is 226 g/mol. The molecule has 0 spiro atoms. The first kappa shape index (κ1) is 12.5. The lowest BCUT2D eigenvalue weighted by Crippen LogP contribution is -2.28. The van der Waals surface area contributed by atoms with Gasteiger partial charge in [0, 0.05) is 24.7 Å². The van der Waals surface area contributed by atoms with E-state index in [2.05, 4.69) is 36.3 Å². The molecular formula is C12H19ClN2. The zero-order valence-electron chi connectivity index (χ0n) is 9.46. The minimum absolute atomic E-state index is 0.796. The van der Waals surface area contributed by atoms with Crippen LogP contribution in [-0.4, -0.2) is 31.6 Å². The van der Waals surface area contributed by atoms with Crippen LogP contribution in [0.25, 0.3) is 0 Å². The number of rotatable bonds is 6. The van der Waals surface area contributed by atoms with E-state index in [1.165, 1.54) is 5.56 Å². The summed E-state index contributed by atoms with van der Waals surface area (Å²) in [5.74, 6) is 0. The summed E-state index contributed by atoms with van der Waals surface area (Å²) in [6, 6.07) is 7.96. The van der Waals surface area contributed by atoms with E-state index < -0.39 is 0 Å². The number of likely N-dealkylation sites (N-methyl/N-ethyl adjacent to an activating group) is 1. The first-order valence-corrected chi connectivity index (χ1v) is 5.74. The van der Waals surface area contributed by atoms with Gasteiger partial charge >= 0.3 is 0 Å². The molecule has 1 aromatic carbocycles. The SMILES string of the molecule is CCN(C)CCNCc1ccc(Cl)cc1. The van der Waals surface area contributed by atoms with Crippen LogP contribution in [0.5, 0.6) is 0 Å². The second-order valence-electron chi connectivity index (χ2n) is 3.70. The summed E-state index contributed by atoms with van der Waals surface area (Å²) in [5.41, 5.74) is 1.28. The minimum Gasteiger partial charge on any atom is -0.311 e. The van der Waals surface area contributed by atoms with Gasteiger partial charge in [-0.15, -0.1) is 0 Å². The maximum absolute atomic E-state index is 5.81. The third kappa shape index (κ3) is 5.17. The van der Waals surface area contributed by atoms with Gasteiger partial charge in [0.1, 0.15) is 0 Å². The fraction of sp³-hybridized carbons (Fsp3) is 0.500. The van der Waals surface area contributed by atoms with Gasteiger partial charge in [-0.3, -0.25) is 0 Å². The molecule has 1 N–H and O–H groups in total. The highest BCUT2D eigenvalue weighted by molar-refractivity contribution is 6.30. The molecule has 15 heavy (non-hydrogen) atoms. The normalized spacial score (nSPS) is 10.9. The molecule has 1 rings (SSSR count). The summed E-state index contributed by atoms with van der Waals surface area (Å²) in [6.07, 6.45) is 0. The third-order valence-corrected chi connectivity index (χ3v) is 2.70. The molecule has 0 fully saturated rings. The number of benzene rings is 1. The van der Waals surface area contributed by atoms with Crippen LogP contribution in [0.1, 0.15) is 12.5 Å². The number of nitrogens with zero attached hydrogens (tertiary/aromatic N) is 1. The van der Waals surface area contributed by atoms with Crippen molar-refractivity contribution in [3.8, 4) is 0 Å². The Morgan fingerprint density at radius 1 is 1.27 bits per heavy atom. The van der Waals surface area contributed by atoms with Crippen LogP contribution in [0.15, 0.2) is 24.3 Å². The van der Waals surface area contributed by atoms with Crippen molar-refractivity contribution in [2.24, 2.45) is 0 Å². The minimum atomic E-state index is 0.796. The predicted octanol–water partition coefficient (Wildman–Crippen LogP) is 2.38. The van der Waals surface area contributed by atoms with Crippen molar-refractivity contribution >= 4 is 11.6 Å². The van der Waals surface area contributed by atoms with Gasteiger partial charge in [-0.2, -0.15) is 0 Å². The molecule has 0 saturated heterocycles. The molecule has 0 unspecified atom stereocenters. The molecule has 0 saturated carbocycles. The van der Waals surface area contributed by atoms with Crippen LogP contribution >= 0.6 is 11.6 Å². The Morgan fingerprint density at radius 2 is 1.93 bits per heavy atom. The number of nitrogens with one attached hydrogen (secondary N) is 1. The fourth-order valence-corrected chi connectivity index (χ4v) is 1.39. The lowest BCUT2D eigenvalue weighted by atomic mass is 10.2. The van der Waals surface area contributed by atoms with Gasteiger partial charge in [-0.05, 0) is 31.3 Å². The van der Waals surface area contributed by atoms with E-state index in [1.54, 1.807) is 0 Å². The molecule has 0 bridgehead atoms. The Labute approximate surface area is 97.2 Å². The van der Waals surface area contributed by atoms with E-state index >= 15 is 0 Å². The van der Waals surface area contributed by atoms with Gasteiger partial charge in [0.15, 0.2) is 0 Å². The largest absolute Gasteiger partial charge is 0.311 e. The highest BCUT2D eigenvalue weighted by atomic mass is 35.5. The Balaban J connectivity index is 2.17. The smallest absolute Gasteiger partial charge is 0.0406 e. The van der Waals surface area contributed by atoms with Crippen LogP contribution in [0.4, 0.5) is 0 Å². The van der Waals surface area contributed by atoms with E-state index in [0.29, 0.717) is 0 Å². The highest BCUT2D eigenvalue weighted by Gasteiger charge is 1.95. The average Bonchev–Trinajstić information content (AvgIpc) is 2.26. The zero-order valence-corrected chi connectivity index (χ0v) is 10.2. The van der Waals surface area contributed by atoms with Crippen LogP contribution < -0.4 is 5.32 Å². The lowest BCUT2D eigenvalue weighted by molar-refractivity contribution is 0.349. The molecule has 0 aliphatic heterocycles. The molecule has 0 aliphatic rings. The Hall–Kier alpha value is -0.570. The van der Waals surface area contributed by atoms with Crippen LogP contribution in [-0.2, 0) is 6.54 Å². The van der Waals surface area contributed by atoms with Gasteiger partial charge in [0.25, 0.3) is 0 Å². The molecule has 2 nitrogen and oxygen atoms in total. The van der Waals surface area contributed by atoms with Crippen molar-refractivity contribution in [3.05, 3.63) is 34.9 Å². The topological polar surface area (TPSA) is 15.3 Å². The molecular weight excluding hydrogens is 208 g/mol. The fourth-order valence-electron chi connectivity index (χ4n) is 1.26. The summed E-state index contributed by atoms with van der Waals surface area (Å²) in [5, 5.41) is 4.20. The van der Waals surface area contributed by atoms with Crippen LogP contribution in [0, 0.1) is 0 Å². The molecule has 0 heterocycles. The molecule has 0 atom stereocenters. The molecule has 84 valence electrons. The van der Waals surface area contributed by atoms with Crippen molar-refractivity contribution in [3.63, 3.8) is 0 Å². The van der Waals surface area contributed by atoms with Crippen molar-refractivity contribution in [1.82, 2.24) is 10.2 Å². The number of halogens is 1. The average molecular weight is 227 g/mol. The summed E-state index contributed by atoms with van der Waals surface area (Å²) in [6.45, 7) is 6.29. The van der Waals surface area contributed by atoms with Crippen molar-refractivity contribution < 1.29 is 0 Å². The summed E-state index contributed by atoms with van der Waals surface area (Å²) >= 11 is 5.81. The van der Waals surface area contributed by atoms with Gasteiger partial charge in [-0.1, -0.05) is 30.7 Å². The quantitative estimate of drug-likeness (QED) is 0.750. The second-order valence-corrected chi connectivity index (χ2v) is 4.14. The van der Waals surface area contributed by atoms with Gasteiger partial charge < -0.3 is 10.2 Å². The van der Waals surface area contributed by atoms with Crippen LogP contribution in [0.3, 0.4) is 0 Å². The number of hydrogen-bond acceptors (Lipinski definition) is 2. The summed E-state index contributed by atoms with van der Waals surface area (Å²) < 4.78 is 0. The summed E-state index contributed by atoms with van der Waals surface area (Å²) in [7, 11) is 2.13. The standard InChI is InChI=1S/C12H19ClN2/c1-3-15(2)9-8-14-10-11-4-6-12(13)7-5-11/h4-7,14H,3,8-10H2,1-2H3. The Morgan fingerprint density at radius 3 is 2.53 bits per heavy atom. The van der Waals surface area contributed by atoms with Crippen molar-refractivity contribution in [2.45, 2.75) is 13.5 Å². The Bertz CT molecular complexity index is 271. The van der Waals surface area contributed by atoms with Gasteiger partial charge in [-0.25, -0.2) is 0 Å². The lowest BCUT2D eigenvalue weighted by Gasteiger charge is -2.13. The van der Waals surface area contributed by atoms with E-state index in [1.807, 2.05) is 12.1 Å². The van der Waals surface area contributed by atoms with E-state index in [-0.39, 0.29) is 0 Å². The van der Waals surface area contributed by atoms with Crippen molar-refractivity contribution in [2.75, 3.05) is 26.7 Å². The molecule has 0 aromatic heterocycles. The molecule has 0 aliphatic carbocycles. The van der Waals surface area contributed by atoms with E-state index in [4.69, 9.17) is 11.6 Å². The molecule has 0 radical (unpaired) electrons.